The molecule has 2 heterocycles. The molecule has 1 aromatic carbocycles. The summed E-state index contributed by atoms with van der Waals surface area (Å²) >= 11 is 0. The Bertz CT molecular complexity index is 692. The molecule has 0 saturated carbocycles. The van der Waals surface area contributed by atoms with Crippen LogP contribution in [0.5, 0.6) is 5.75 Å². The molecule has 1 aromatic heterocycles. The maximum absolute atomic E-state index is 12.2. The van der Waals surface area contributed by atoms with Gasteiger partial charge in [0.1, 0.15) is 5.75 Å². The van der Waals surface area contributed by atoms with Crippen molar-refractivity contribution in [1.29, 1.82) is 0 Å². The molecule has 6 nitrogen and oxygen atoms in total. The molecule has 2 aromatic rings. The molecule has 1 aliphatic rings. The van der Waals surface area contributed by atoms with Crippen molar-refractivity contribution >= 4 is 5.91 Å². The zero-order valence-electron chi connectivity index (χ0n) is 14.1. The van der Waals surface area contributed by atoms with Gasteiger partial charge in [-0.25, -0.2) is 0 Å². The highest BCUT2D eigenvalue weighted by Crippen LogP contribution is 2.16. The van der Waals surface area contributed by atoms with E-state index >= 15 is 0 Å². The van der Waals surface area contributed by atoms with E-state index in [0.29, 0.717) is 25.3 Å². The van der Waals surface area contributed by atoms with Crippen LogP contribution in [-0.2, 0) is 24.3 Å². The molecule has 0 radical (unpaired) electrons. The Morgan fingerprint density at radius 2 is 2.17 bits per heavy atom. The zero-order valence-corrected chi connectivity index (χ0v) is 14.1. The Kier molecular flexibility index (Phi) is 5.15. The number of hydrogen-bond acceptors (Lipinski definition) is 4. The number of ether oxygens (including phenoxy) is 2. The SMILES string of the molecule is CC(C)Oc1ccc(C(=O)NCCn2ncc3c2CCOC3)cc1. The summed E-state index contributed by atoms with van der Waals surface area (Å²) in [7, 11) is 0. The van der Waals surface area contributed by atoms with Gasteiger partial charge < -0.3 is 14.8 Å². The molecule has 6 heteroatoms. The third-order valence-electron chi connectivity index (χ3n) is 3.87. The summed E-state index contributed by atoms with van der Waals surface area (Å²) in [5.74, 6) is 0.683. The second-order valence-electron chi connectivity index (χ2n) is 6.09. The summed E-state index contributed by atoms with van der Waals surface area (Å²) in [5.41, 5.74) is 2.99. The summed E-state index contributed by atoms with van der Waals surface area (Å²) in [6.07, 6.45) is 2.85. The summed E-state index contributed by atoms with van der Waals surface area (Å²) in [6, 6.07) is 7.19. The number of aromatic nitrogens is 2. The lowest BCUT2D eigenvalue weighted by Gasteiger charge is -2.15. The number of amides is 1. The second kappa shape index (κ2) is 7.49. The van der Waals surface area contributed by atoms with E-state index in [1.807, 2.05) is 36.9 Å². The van der Waals surface area contributed by atoms with Crippen LogP contribution in [0.4, 0.5) is 0 Å². The smallest absolute Gasteiger partial charge is 0.251 e. The fourth-order valence-electron chi connectivity index (χ4n) is 2.74. The topological polar surface area (TPSA) is 65.4 Å². The van der Waals surface area contributed by atoms with E-state index in [4.69, 9.17) is 9.47 Å². The summed E-state index contributed by atoms with van der Waals surface area (Å²) in [5, 5.41) is 7.31. The van der Waals surface area contributed by atoms with Crippen LogP contribution in [0.15, 0.2) is 30.5 Å². The maximum atomic E-state index is 12.2. The third-order valence-corrected chi connectivity index (χ3v) is 3.87. The molecule has 24 heavy (non-hydrogen) atoms. The molecule has 1 N–H and O–H groups in total. The van der Waals surface area contributed by atoms with Gasteiger partial charge in [-0.1, -0.05) is 0 Å². The Hall–Kier alpha value is -2.34. The molecule has 0 spiro atoms. The van der Waals surface area contributed by atoms with Gasteiger partial charge in [0.05, 0.1) is 32.1 Å². The van der Waals surface area contributed by atoms with E-state index in [0.717, 1.165) is 24.3 Å². The molecule has 128 valence electrons. The standard InChI is InChI=1S/C18H23N3O3/c1-13(2)24-16-5-3-14(4-6-16)18(22)19-8-9-21-17-7-10-23-12-15(17)11-20-21/h3-6,11,13H,7-10,12H2,1-2H3,(H,19,22). The lowest BCUT2D eigenvalue weighted by atomic mass is 10.2. The highest BCUT2D eigenvalue weighted by atomic mass is 16.5. The van der Waals surface area contributed by atoms with E-state index in [1.54, 1.807) is 12.1 Å². The van der Waals surface area contributed by atoms with Gasteiger partial charge in [-0.2, -0.15) is 5.10 Å². The van der Waals surface area contributed by atoms with Gasteiger partial charge in [0, 0.05) is 29.8 Å². The predicted molar refractivity (Wildman–Crippen MR) is 90.1 cm³/mol. The van der Waals surface area contributed by atoms with Crippen LogP contribution in [0, 0.1) is 0 Å². The molecule has 0 unspecified atom stereocenters. The zero-order chi connectivity index (χ0) is 16.9. The van der Waals surface area contributed by atoms with E-state index in [2.05, 4.69) is 10.4 Å². The molecule has 3 rings (SSSR count). The molecule has 0 bridgehead atoms. The van der Waals surface area contributed by atoms with Crippen molar-refractivity contribution in [3.63, 3.8) is 0 Å². The summed E-state index contributed by atoms with van der Waals surface area (Å²) in [4.78, 5) is 12.2. The van der Waals surface area contributed by atoms with Crippen molar-refractivity contribution in [3.8, 4) is 5.75 Å². The van der Waals surface area contributed by atoms with Gasteiger partial charge in [0.2, 0.25) is 0 Å². The lowest BCUT2D eigenvalue weighted by molar-refractivity contribution is 0.0950. The molecular weight excluding hydrogens is 306 g/mol. The van der Waals surface area contributed by atoms with Gasteiger partial charge in [-0.3, -0.25) is 9.48 Å². The number of carbonyl (C=O) groups excluding carboxylic acids is 1. The van der Waals surface area contributed by atoms with Crippen LogP contribution in [0.2, 0.25) is 0 Å². The average molecular weight is 329 g/mol. The summed E-state index contributed by atoms with van der Waals surface area (Å²) < 4.78 is 12.9. The van der Waals surface area contributed by atoms with Crippen LogP contribution in [-0.4, -0.2) is 34.9 Å². The van der Waals surface area contributed by atoms with Crippen LogP contribution in [0.1, 0.15) is 35.5 Å². The molecular formula is C18H23N3O3. The summed E-state index contributed by atoms with van der Waals surface area (Å²) in [6.45, 7) is 6.51. The first-order valence-electron chi connectivity index (χ1n) is 8.29. The van der Waals surface area contributed by atoms with E-state index < -0.39 is 0 Å². The molecule has 1 aliphatic heterocycles. The van der Waals surface area contributed by atoms with Crippen LogP contribution < -0.4 is 10.1 Å². The van der Waals surface area contributed by atoms with Crippen LogP contribution >= 0.6 is 0 Å². The van der Waals surface area contributed by atoms with Gasteiger partial charge in [-0.15, -0.1) is 0 Å². The minimum Gasteiger partial charge on any atom is -0.491 e. The van der Waals surface area contributed by atoms with Crippen molar-refractivity contribution < 1.29 is 14.3 Å². The lowest BCUT2D eigenvalue weighted by Crippen LogP contribution is -2.28. The average Bonchev–Trinajstić information content (AvgIpc) is 2.98. The number of benzene rings is 1. The largest absolute Gasteiger partial charge is 0.491 e. The number of nitrogens with zero attached hydrogens (tertiary/aromatic N) is 2. The Morgan fingerprint density at radius 1 is 1.38 bits per heavy atom. The van der Waals surface area contributed by atoms with Crippen molar-refractivity contribution in [2.45, 2.75) is 39.5 Å². The van der Waals surface area contributed by atoms with Gasteiger partial charge in [-0.05, 0) is 38.1 Å². The molecule has 0 fully saturated rings. The number of hydrogen-bond donors (Lipinski definition) is 1. The van der Waals surface area contributed by atoms with Gasteiger partial charge >= 0.3 is 0 Å². The van der Waals surface area contributed by atoms with E-state index in [1.165, 1.54) is 5.69 Å². The Balaban J connectivity index is 1.51. The van der Waals surface area contributed by atoms with Crippen molar-refractivity contribution in [2.24, 2.45) is 0 Å². The number of carbonyl (C=O) groups is 1. The minimum atomic E-state index is -0.0875. The first kappa shape index (κ1) is 16.5. The Morgan fingerprint density at radius 3 is 2.92 bits per heavy atom. The van der Waals surface area contributed by atoms with Crippen molar-refractivity contribution in [2.75, 3.05) is 13.2 Å². The number of fused-ring (bicyclic) bond motifs is 1. The van der Waals surface area contributed by atoms with Crippen molar-refractivity contribution in [3.05, 3.63) is 47.3 Å². The van der Waals surface area contributed by atoms with E-state index in [-0.39, 0.29) is 12.0 Å². The number of rotatable bonds is 6. The second-order valence-corrected chi connectivity index (χ2v) is 6.09. The monoisotopic (exact) mass is 329 g/mol. The first-order chi connectivity index (χ1) is 11.6. The molecule has 0 aliphatic carbocycles. The number of nitrogens with one attached hydrogen (secondary N) is 1. The quantitative estimate of drug-likeness (QED) is 0.882. The highest BCUT2D eigenvalue weighted by molar-refractivity contribution is 5.94. The van der Waals surface area contributed by atoms with Crippen LogP contribution in [0.3, 0.4) is 0 Å². The van der Waals surface area contributed by atoms with Crippen LogP contribution in [0.25, 0.3) is 0 Å². The third kappa shape index (κ3) is 3.94. The molecule has 0 saturated heterocycles. The van der Waals surface area contributed by atoms with Gasteiger partial charge in [0.15, 0.2) is 0 Å². The van der Waals surface area contributed by atoms with E-state index in [9.17, 15) is 4.79 Å². The van der Waals surface area contributed by atoms with Crippen molar-refractivity contribution in [1.82, 2.24) is 15.1 Å². The predicted octanol–water partition coefficient (Wildman–Crippen LogP) is 2.17. The first-order valence-corrected chi connectivity index (χ1v) is 8.29. The van der Waals surface area contributed by atoms with Gasteiger partial charge in [0.25, 0.3) is 5.91 Å². The maximum Gasteiger partial charge on any atom is 0.251 e. The fourth-order valence-corrected chi connectivity index (χ4v) is 2.74. The minimum absolute atomic E-state index is 0.0875. The molecule has 0 atom stereocenters. The molecule has 1 amide bonds. The highest BCUT2D eigenvalue weighted by Gasteiger charge is 2.15. The normalized spacial score (nSPS) is 13.6. The fraction of sp³-hybridized carbons (Fsp3) is 0.444. The Labute approximate surface area is 141 Å².